The van der Waals surface area contributed by atoms with Crippen molar-refractivity contribution in [2.75, 3.05) is 39.3 Å². The Balaban J connectivity index is 1.66. The molecule has 0 aromatic heterocycles. The molecule has 2 fully saturated rings. The molecular weight excluding hydrogens is 274 g/mol. The average molecular weight is 295 g/mol. The highest BCUT2D eigenvalue weighted by Gasteiger charge is 2.39. The molecule has 6 heteroatoms. The van der Waals surface area contributed by atoms with Crippen LogP contribution in [0.5, 0.6) is 0 Å². The molecule has 0 atom stereocenters. The Bertz CT molecular complexity index is 576. The lowest BCUT2D eigenvalue weighted by molar-refractivity contribution is 0.0773. The Morgan fingerprint density at radius 2 is 1.90 bits per heavy atom. The van der Waals surface area contributed by atoms with Crippen LogP contribution in [0.25, 0.3) is 0 Å². The molecule has 5 nitrogen and oxygen atoms in total. The predicted octanol–water partition coefficient (Wildman–Crippen LogP) is 0.273. The summed E-state index contributed by atoms with van der Waals surface area (Å²) in [4.78, 5) is 2.80. The highest BCUT2D eigenvalue weighted by atomic mass is 32.2. The number of hydrogen-bond acceptors (Lipinski definition) is 4. The van der Waals surface area contributed by atoms with Gasteiger partial charge in [0.2, 0.25) is 10.0 Å². The van der Waals surface area contributed by atoms with E-state index in [0.717, 1.165) is 31.7 Å². The van der Waals surface area contributed by atoms with Gasteiger partial charge in [-0.25, -0.2) is 8.42 Å². The zero-order chi connectivity index (χ0) is 14.2. The minimum absolute atomic E-state index is 0.386. The van der Waals surface area contributed by atoms with Crippen molar-refractivity contribution in [1.29, 1.82) is 0 Å². The summed E-state index contributed by atoms with van der Waals surface area (Å²) in [6.45, 7) is 7.19. The lowest BCUT2D eigenvalue weighted by Gasteiger charge is -2.45. The van der Waals surface area contributed by atoms with Crippen molar-refractivity contribution in [2.24, 2.45) is 0 Å². The maximum Gasteiger partial charge on any atom is 0.243 e. The Kier molecular flexibility index (Phi) is 3.81. The van der Waals surface area contributed by atoms with Crippen molar-refractivity contribution in [3.63, 3.8) is 0 Å². The molecular formula is C14H21N3O2S. The molecule has 2 aliphatic heterocycles. The van der Waals surface area contributed by atoms with E-state index in [-0.39, 0.29) is 0 Å². The van der Waals surface area contributed by atoms with Gasteiger partial charge in [-0.05, 0) is 24.6 Å². The van der Waals surface area contributed by atoms with Crippen molar-refractivity contribution in [2.45, 2.75) is 17.9 Å². The zero-order valence-electron chi connectivity index (χ0n) is 11.7. The topological polar surface area (TPSA) is 52.7 Å². The van der Waals surface area contributed by atoms with E-state index in [2.05, 4.69) is 10.2 Å². The van der Waals surface area contributed by atoms with Gasteiger partial charge < -0.3 is 5.32 Å². The fourth-order valence-electron chi connectivity index (χ4n) is 2.82. The van der Waals surface area contributed by atoms with Crippen LogP contribution in [0.4, 0.5) is 0 Å². The molecule has 1 aromatic carbocycles. The van der Waals surface area contributed by atoms with Crippen LogP contribution in [0.15, 0.2) is 29.2 Å². The normalized spacial score (nSPS) is 22.6. The van der Waals surface area contributed by atoms with Crippen molar-refractivity contribution in [3.05, 3.63) is 29.8 Å². The predicted molar refractivity (Wildman–Crippen MR) is 78.2 cm³/mol. The van der Waals surface area contributed by atoms with E-state index in [1.165, 1.54) is 0 Å². The molecule has 3 rings (SSSR count). The molecule has 0 unspecified atom stereocenters. The quantitative estimate of drug-likeness (QED) is 0.870. The van der Waals surface area contributed by atoms with Crippen LogP contribution in [-0.4, -0.2) is 62.9 Å². The maximum atomic E-state index is 12.5. The van der Waals surface area contributed by atoms with Crippen LogP contribution in [-0.2, 0) is 10.0 Å². The van der Waals surface area contributed by atoms with Gasteiger partial charge in [-0.3, -0.25) is 4.90 Å². The van der Waals surface area contributed by atoms with Gasteiger partial charge >= 0.3 is 0 Å². The molecule has 2 aliphatic rings. The van der Waals surface area contributed by atoms with E-state index in [0.29, 0.717) is 24.0 Å². The fourth-order valence-corrected chi connectivity index (χ4v) is 4.44. The van der Waals surface area contributed by atoms with Crippen LogP contribution in [0.3, 0.4) is 0 Å². The molecule has 0 bridgehead atoms. The summed E-state index contributed by atoms with van der Waals surface area (Å²) in [7, 11) is -3.31. The van der Waals surface area contributed by atoms with Crippen LogP contribution in [0.2, 0.25) is 0 Å². The molecule has 1 N–H and O–H groups in total. The van der Waals surface area contributed by atoms with E-state index in [1.54, 1.807) is 22.5 Å². The Morgan fingerprint density at radius 3 is 2.55 bits per heavy atom. The monoisotopic (exact) mass is 295 g/mol. The van der Waals surface area contributed by atoms with Crippen molar-refractivity contribution < 1.29 is 8.42 Å². The summed E-state index contributed by atoms with van der Waals surface area (Å²) in [5, 5.41) is 3.32. The van der Waals surface area contributed by atoms with Crippen LogP contribution >= 0.6 is 0 Å². The van der Waals surface area contributed by atoms with Gasteiger partial charge in [0.15, 0.2) is 0 Å². The third-order valence-corrected chi connectivity index (χ3v) is 5.95. The number of piperazine rings is 1. The van der Waals surface area contributed by atoms with Gasteiger partial charge in [0.05, 0.1) is 4.90 Å². The number of aryl methyl sites for hydroxylation is 1. The van der Waals surface area contributed by atoms with Crippen molar-refractivity contribution in [1.82, 2.24) is 14.5 Å². The van der Waals surface area contributed by atoms with Gasteiger partial charge in [-0.1, -0.05) is 12.1 Å². The van der Waals surface area contributed by atoms with E-state index >= 15 is 0 Å². The molecule has 2 heterocycles. The second-order valence-electron chi connectivity index (χ2n) is 5.58. The minimum Gasteiger partial charge on any atom is -0.314 e. The van der Waals surface area contributed by atoms with Gasteiger partial charge in [-0.2, -0.15) is 4.31 Å². The average Bonchev–Trinajstić information content (AvgIpc) is 2.38. The number of nitrogens with zero attached hydrogens (tertiary/aromatic N) is 2. The molecule has 0 saturated carbocycles. The molecule has 1 aromatic rings. The minimum atomic E-state index is -3.31. The summed E-state index contributed by atoms with van der Waals surface area (Å²) in [6.07, 6.45) is 0. The molecule has 0 spiro atoms. The Morgan fingerprint density at radius 1 is 1.20 bits per heavy atom. The second-order valence-corrected chi connectivity index (χ2v) is 7.52. The summed E-state index contributed by atoms with van der Waals surface area (Å²) in [5.74, 6) is 0. The Labute approximate surface area is 120 Å². The molecule has 20 heavy (non-hydrogen) atoms. The number of sulfonamides is 1. The molecule has 2 saturated heterocycles. The third-order valence-electron chi connectivity index (χ3n) is 4.12. The van der Waals surface area contributed by atoms with Crippen molar-refractivity contribution in [3.8, 4) is 0 Å². The van der Waals surface area contributed by atoms with Gasteiger partial charge in [0.1, 0.15) is 0 Å². The SMILES string of the molecule is Cc1cccc(S(=O)(=O)N2CC(N3CCNCC3)C2)c1. The number of nitrogens with one attached hydrogen (secondary N) is 1. The lowest BCUT2D eigenvalue weighted by Crippen LogP contribution is -2.63. The van der Waals surface area contributed by atoms with E-state index in [4.69, 9.17) is 0 Å². The van der Waals surface area contributed by atoms with E-state index in [1.807, 2.05) is 13.0 Å². The molecule has 0 radical (unpaired) electrons. The molecule has 0 aliphatic carbocycles. The number of rotatable bonds is 3. The standard InChI is InChI=1S/C14H21N3O2S/c1-12-3-2-4-14(9-12)20(18,19)17-10-13(11-17)16-7-5-15-6-8-16/h2-4,9,13,15H,5-8,10-11H2,1H3. The number of benzene rings is 1. The first-order valence-corrected chi connectivity index (χ1v) is 8.53. The molecule has 0 amide bonds. The smallest absolute Gasteiger partial charge is 0.243 e. The first kappa shape index (κ1) is 14.0. The summed E-state index contributed by atoms with van der Waals surface area (Å²) < 4.78 is 26.6. The fraction of sp³-hybridized carbons (Fsp3) is 0.571. The molecule has 110 valence electrons. The highest BCUT2D eigenvalue weighted by Crippen LogP contribution is 2.24. The van der Waals surface area contributed by atoms with Gasteiger partial charge in [-0.15, -0.1) is 0 Å². The van der Waals surface area contributed by atoms with Crippen LogP contribution in [0.1, 0.15) is 5.56 Å². The van der Waals surface area contributed by atoms with Gasteiger partial charge in [0, 0.05) is 45.3 Å². The number of hydrogen-bond donors (Lipinski definition) is 1. The largest absolute Gasteiger partial charge is 0.314 e. The van der Waals surface area contributed by atoms with Crippen molar-refractivity contribution >= 4 is 10.0 Å². The first-order chi connectivity index (χ1) is 9.57. The lowest BCUT2D eigenvalue weighted by atomic mass is 10.1. The Hall–Kier alpha value is -0.950. The maximum absolute atomic E-state index is 12.5. The van der Waals surface area contributed by atoms with Gasteiger partial charge in [0.25, 0.3) is 0 Å². The van der Waals surface area contributed by atoms with Crippen LogP contribution in [0, 0.1) is 6.92 Å². The van der Waals surface area contributed by atoms with E-state index < -0.39 is 10.0 Å². The highest BCUT2D eigenvalue weighted by molar-refractivity contribution is 7.89. The first-order valence-electron chi connectivity index (χ1n) is 7.09. The summed E-state index contributed by atoms with van der Waals surface area (Å²) in [6, 6.07) is 7.53. The third kappa shape index (κ3) is 2.61. The van der Waals surface area contributed by atoms with E-state index in [9.17, 15) is 8.42 Å². The zero-order valence-corrected chi connectivity index (χ0v) is 12.6. The summed E-state index contributed by atoms with van der Waals surface area (Å²) in [5.41, 5.74) is 0.977. The second kappa shape index (κ2) is 5.44. The van der Waals surface area contributed by atoms with Crippen LogP contribution < -0.4 is 5.32 Å². The summed E-state index contributed by atoms with van der Waals surface area (Å²) >= 11 is 0.